The molecule has 0 spiro atoms. The monoisotopic (exact) mass is 240 g/mol. The standard InChI is InChI=1S/C14H28N2O/c1-4-14(3)11-16(12(2)7-8-15-14)10-13-6-5-9-17-13/h12-13,15H,4-11H2,1-3H3. The molecule has 0 aliphatic carbocycles. The van der Waals surface area contributed by atoms with Gasteiger partial charge in [0.25, 0.3) is 0 Å². The zero-order valence-electron chi connectivity index (χ0n) is 11.7. The van der Waals surface area contributed by atoms with Gasteiger partial charge in [0, 0.05) is 31.3 Å². The highest BCUT2D eigenvalue weighted by Crippen LogP contribution is 2.21. The van der Waals surface area contributed by atoms with Gasteiger partial charge in [0.2, 0.25) is 0 Å². The van der Waals surface area contributed by atoms with Crippen molar-refractivity contribution in [1.29, 1.82) is 0 Å². The van der Waals surface area contributed by atoms with E-state index in [9.17, 15) is 0 Å². The van der Waals surface area contributed by atoms with E-state index in [4.69, 9.17) is 4.74 Å². The third-order valence-corrected chi connectivity index (χ3v) is 4.53. The second-order valence-corrected chi connectivity index (χ2v) is 6.04. The fourth-order valence-electron chi connectivity index (χ4n) is 2.96. The van der Waals surface area contributed by atoms with Gasteiger partial charge < -0.3 is 10.1 Å². The van der Waals surface area contributed by atoms with Crippen LogP contribution in [0.15, 0.2) is 0 Å². The first-order valence-electron chi connectivity index (χ1n) is 7.23. The van der Waals surface area contributed by atoms with E-state index in [-0.39, 0.29) is 5.54 Å². The van der Waals surface area contributed by atoms with Gasteiger partial charge in [0.15, 0.2) is 0 Å². The highest BCUT2D eigenvalue weighted by molar-refractivity contribution is 4.91. The van der Waals surface area contributed by atoms with Crippen molar-refractivity contribution in [2.45, 2.75) is 64.1 Å². The summed E-state index contributed by atoms with van der Waals surface area (Å²) in [6, 6.07) is 0.681. The van der Waals surface area contributed by atoms with Crippen molar-refractivity contribution in [2.75, 3.05) is 26.2 Å². The first kappa shape index (κ1) is 13.3. The van der Waals surface area contributed by atoms with Gasteiger partial charge in [-0.1, -0.05) is 6.92 Å². The first-order chi connectivity index (χ1) is 8.13. The molecule has 2 saturated heterocycles. The summed E-state index contributed by atoms with van der Waals surface area (Å²) in [7, 11) is 0. The molecule has 3 unspecified atom stereocenters. The van der Waals surface area contributed by atoms with Crippen LogP contribution in [-0.2, 0) is 4.74 Å². The molecule has 2 fully saturated rings. The minimum Gasteiger partial charge on any atom is -0.377 e. The minimum atomic E-state index is 0.281. The van der Waals surface area contributed by atoms with Crippen LogP contribution in [0.5, 0.6) is 0 Å². The van der Waals surface area contributed by atoms with Crippen molar-refractivity contribution in [3.8, 4) is 0 Å². The van der Waals surface area contributed by atoms with E-state index in [0.29, 0.717) is 12.1 Å². The van der Waals surface area contributed by atoms with E-state index in [1.54, 1.807) is 0 Å². The third kappa shape index (κ3) is 3.43. The van der Waals surface area contributed by atoms with Crippen LogP contribution in [0.3, 0.4) is 0 Å². The highest BCUT2D eigenvalue weighted by atomic mass is 16.5. The Bertz CT molecular complexity index is 240. The zero-order chi connectivity index (χ0) is 12.3. The molecule has 0 aromatic carbocycles. The molecule has 3 atom stereocenters. The Labute approximate surface area is 106 Å². The lowest BCUT2D eigenvalue weighted by molar-refractivity contribution is 0.0529. The Morgan fingerprint density at radius 2 is 2.24 bits per heavy atom. The SMILES string of the molecule is CCC1(C)CN(CC2CCCO2)C(C)CCN1. The Kier molecular flexibility index (Phi) is 4.45. The van der Waals surface area contributed by atoms with Gasteiger partial charge in [-0.15, -0.1) is 0 Å². The van der Waals surface area contributed by atoms with Crippen LogP contribution in [0.1, 0.15) is 46.5 Å². The van der Waals surface area contributed by atoms with Crippen LogP contribution in [0.2, 0.25) is 0 Å². The van der Waals surface area contributed by atoms with Crippen LogP contribution in [0.4, 0.5) is 0 Å². The molecule has 0 saturated carbocycles. The van der Waals surface area contributed by atoms with Gasteiger partial charge >= 0.3 is 0 Å². The van der Waals surface area contributed by atoms with E-state index in [0.717, 1.165) is 26.2 Å². The molecule has 2 heterocycles. The van der Waals surface area contributed by atoms with Gasteiger partial charge in [-0.2, -0.15) is 0 Å². The van der Waals surface area contributed by atoms with E-state index >= 15 is 0 Å². The van der Waals surface area contributed by atoms with Crippen molar-refractivity contribution in [2.24, 2.45) is 0 Å². The van der Waals surface area contributed by atoms with E-state index in [1.165, 1.54) is 25.7 Å². The molecule has 3 heteroatoms. The van der Waals surface area contributed by atoms with Crippen molar-refractivity contribution < 1.29 is 4.74 Å². The van der Waals surface area contributed by atoms with Crippen LogP contribution in [-0.4, -0.2) is 48.8 Å². The summed E-state index contributed by atoms with van der Waals surface area (Å²) in [4.78, 5) is 2.64. The lowest BCUT2D eigenvalue weighted by Crippen LogP contribution is -2.50. The lowest BCUT2D eigenvalue weighted by Gasteiger charge is -2.36. The zero-order valence-corrected chi connectivity index (χ0v) is 11.7. The molecule has 2 rings (SSSR count). The van der Waals surface area contributed by atoms with Crippen molar-refractivity contribution in [3.63, 3.8) is 0 Å². The fraction of sp³-hybridized carbons (Fsp3) is 1.00. The Hall–Kier alpha value is -0.120. The van der Waals surface area contributed by atoms with Gasteiger partial charge in [0.1, 0.15) is 0 Å². The molecule has 2 aliphatic rings. The quantitative estimate of drug-likeness (QED) is 0.817. The molecule has 0 aromatic rings. The van der Waals surface area contributed by atoms with Crippen molar-refractivity contribution >= 4 is 0 Å². The normalized spacial score (nSPS) is 40.4. The van der Waals surface area contributed by atoms with Gasteiger partial charge in [0.05, 0.1) is 6.10 Å². The second kappa shape index (κ2) is 5.68. The number of nitrogens with zero attached hydrogens (tertiary/aromatic N) is 1. The number of rotatable bonds is 3. The van der Waals surface area contributed by atoms with Gasteiger partial charge in [-0.25, -0.2) is 0 Å². The van der Waals surface area contributed by atoms with E-state index < -0.39 is 0 Å². The molecule has 0 amide bonds. The Morgan fingerprint density at radius 1 is 1.41 bits per heavy atom. The summed E-state index contributed by atoms with van der Waals surface area (Å²) in [5, 5.41) is 3.71. The maximum atomic E-state index is 5.78. The molecule has 100 valence electrons. The van der Waals surface area contributed by atoms with Gasteiger partial charge in [-0.05, 0) is 46.1 Å². The lowest BCUT2D eigenvalue weighted by atomic mass is 9.98. The van der Waals surface area contributed by atoms with Crippen LogP contribution in [0, 0.1) is 0 Å². The first-order valence-corrected chi connectivity index (χ1v) is 7.23. The molecule has 17 heavy (non-hydrogen) atoms. The highest BCUT2D eigenvalue weighted by Gasteiger charge is 2.32. The number of nitrogens with one attached hydrogen (secondary N) is 1. The maximum Gasteiger partial charge on any atom is 0.0702 e. The average Bonchev–Trinajstić information content (AvgIpc) is 2.76. The molecule has 2 aliphatic heterocycles. The second-order valence-electron chi connectivity index (χ2n) is 6.04. The minimum absolute atomic E-state index is 0.281. The Morgan fingerprint density at radius 3 is 2.88 bits per heavy atom. The summed E-state index contributed by atoms with van der Waals surface area (Å²) < 4.78 is 5.78. The summed E-state index contributed by atoms with van der Waals surface area (Å²) in [6.07, 6.45) is 5.43. The summed E-state index contributed by atoms with van der Waals surface area (Å²) >= 11 is 0. The van der Waals surface area contributed by atoms with E-state index in [1.807, 2.05) is 0 Å². The maximum absolute atomic E-state index is 5.78. The number of hydrogen-bond acceptors (Lipinski definition) is 3. The third-order valence-electron chi connectivity index (χ3n) is 4.53. The summed E-state index contributed by atoms with van der Waals surface area (Å²) in [5.74, 6) is 0. The Balaban J connectivity index is 1.96. The van der Waals surface area contributed by atoms with Crippen LogP contribution >= 0.6 is 0 Å². The topological polar surface area (TPSA) is 24.5 Å². The number of hydrogen-bond donors (Lipinski definition) is 1. The smallest absolute Gasteiger partial charge is 0.0702 e. The predicted molar refractivity (Wildman–Crippen MR) is 71.3 cm³/mol. The molecular formula is C14H28N2O. The molecule has 3 nitrogen and oxygen atoms in total. The molecular weight excluding hydrogens is 212 g/mol. The molecule has 1 N–H and O–H groups in total. The van der Waals surface area contributed by atoms with Crippen molar-refractivity contribution in [3.05, 3.63) is 0 Å². The molecule has 0 radical (unpaired) electrons. The van der Waals surface area contributed by atoms with E-state index in [2.05, 4.69) is 31.0 Å². The van der Waals surface area contributed by atoms with Gasteiger partial charge in [-0.3, -0.25) is 4.90 Å². The van der Waals surface area contributed by atoms with Crippen LogP contribution < -0.4 is 5.32 Å². The summed E-state index contributed by atoms with van der Waals surface area (Å²) in [5.41, 5.74) is 0.281. The average molecular weight is 240 g/mol. The molecule has 0 aromatic heterocycles. The number of ether oxygens (including phenoxy) is 1. The molecule has 0 bridgehead atoms. The fourth-order valence-corrected chi connectivity index (χ4v) is 2.96. The largest absolute Gasteiger partial charge is 0.377 e. The predicted octanol–water partition coefficient (Wildman–Crippen LogP) is 2.02. The summed E-state index contributed by atoms with van der Waals surface area (Å²) in [6.45, 7) is 11.4. The van der Waals surface area contributed by atoms with Crippen molar-refractivity contribution in [1.82, 2.24) is 10.2 Å². The van der Waals surface area contributed by atoms with Crippen LogP contribution in [0.25, 0.3) is 0 Å².